The summed E-state index contributed by atoms with van der Waals surface area (Å²) in [6.07, 6.45) is 5.29. The van der Waals surface area contributed by atoms with Crippen LogP contribution in [0.4, 0.5) is 0 Å². The number of ketones is 1. The normalized spacial score (nSPS) is 35.8. The molecule has 28 heavy (non-hydrogen) atoms. The van der Waals surface area contributed by atoms with Crippen LogP contribution in [-0.4, -0.2) is 40.6 Å². The molecule has 1 heterocycles. The number of ether oxygens (including phenoxy) is 2. The van der Waals surface area contributed by atoms with Crippen molar-refractivity contribution in [2.24, 2.45) is 17.8 Å². The molecule has 6 heteroatoms. The van der Waals surface area contributed by atoms with Crippen molar-refractivity contribution in [2.45, 2.75) is 78.1 Å². The topological polar surface area (TPSA) is 89.9 Å². The van der Waals surface area contributed by atoms with Crippen LogP contribution >= 0.6 is 0 Å². The third-order valence-electron chi connectivity index (χ3n) is 5.36. The quantitative estimate of drug-likeness (QED) is 0.574. The van der Waals surface area contributed by atoms with Crippen LogP contribution in [0.3, 0.4) is 0 Å². The summed E-state index contributed by atoms with van der Waals surface area (Å²) in [5.41, 5.74) is -0.829. The second-order valence-electron chi connectivity index (χ2n) is 8.76. The molecule has 0 amide bonds. The van der Waals surface area contributed by atoms with E-state index >= 15 is 0 Å². The molecule has 1 aliphatic heterocycles. The Hall–Kier alpha value is -1.95. The lowest BCUT2D eigenvalue weighted by Crippen LogP contribution is -2.42. The Bertz CT molecular complexity index is 673. The zero-order valence-corrected chi connectivity index (χ0v) is 17.4. The zero-order valence-electron chi connectivity index (χ0n) is 17.4. The van der Waals surface area contributed by atoms with Crippen molar-refractivity contribution in [1.29, 1.82) is 0 Å². The van der Waals surface area contributed by atoms with Crippen LogP contribution in [0.1, 0.15) is 60.3 Å². The van der Waals surface area contributed by atoms with Crippen LogP contribution < -0.4 is 0 Å². The van der Waals surface area contributed by atoms with Gasteiger partial charge in [-0.25, -0.2) is 4.79 Å². The summed E-state index contributed by atoms with van der Waals surface area (Å²) in [5, 5.41) is 10.9. The van der Waals surface area contributed by atoms with Crippen molar-refractivity contribution in [3.05, 3.63) is 23.8 Å². The van der Waals surface area contributed by atoms with E-state index in [9.17, 15) is 19.5 Å². The molecular weight excluding hydrogens is 360 g/mol. The maximum absolute atomic E-state index is 12.4. The van der Waals surface area contributed by atoms with Crippen LogP contribution in [0.15, 0.2) is 23.8 Å². The highest BCUT2D eigenvalue weighted by Crippen LogP contribution is 2.35. The molecule has 5 atom stereocenters. The maximum atomic E-state index is 12.4. The van der Waals surface area contributed by atoms with E-state index in [1.54, 1.807) is 19.1 Å². The number of hydrogen-bond donors (Lipinski definition) is 1. The third-order valence-corrected chi connectivity index (χ3v) is 5.36. The molecule has 1 aliphatic carbocycles. The van der Waals surface area contributed by atoms with Gasteiger partial charge in [-0.1, -0.05) is 32.9 Å². The molecule has 0 saturated heterocycles. The Morgan fingerprint density at radius 2 is 2.04 bits per heavy atom. The molecule has 1 N–H and O–H groups in total. The fourth-order valence-electron chi connectivity index (χ4n) is 4.10. The average molecular weight is 392 g/mol. The van der Waals surface area contributed by atoms with E-state index in [1.807, 2.05) is 26.8 Å². The van der Waals surface area contributed by atoms with Gasteiger partial charge in [-0.2, -0.15) is 0 Å². The van der Waals surface area contributed by atoms with Gasteiger partial charge < -0.3 is 14.6 Å². The number of esters is 2. The first kappa shape index (κ1) is 22.3. The van der Waals surface area contributed by atoms with Crippen molar-refractivity contribution in [3.63, 3.8) is 0 Å². The second-order valence-corrected chi connectivity index (χ2v) is 8.76. The van der Waals surface area contributed by atoms with Crippen LogP contribution in [0.5, 0.6) is 0 Å². The monoisotopic (exact) mass is 392 g/mol. The number of allylic oxidation sites excluding steroid dienone is 1. The molecule has 156 valence electrons. The molecule has 0 fully saturated rings. The minimum atomic E-state index is -1.20. The molecule has 0 radical (unpaired) electrons. The number of hydrogen-bond acceptors (Lipinski definition) is 6. The summed E-state index contributed by atoms with van der Waals surface area (Å²) in [4.78, 5) is 36.4. The molecule has 2 aliphatic rings. The van der Waals surface area contributed by atoms with E-state index in [0.717, 1.165) is 0 Å². The van der Waals surface area contributed by atoms with Crippen LogP contribution in [0, 0.1) is 17.8 Å². The first-order valence-corrected chi connectivity index (χ1v) is 9.99. The lowest BCUT2D eigenvalue weighted by Gasteiger charge is -2.35. The van der Waals surface area contributed by atoms with Gasteiger partial charge in [-0.05, 0) is 31.3 Å². The molecule has 0 aromatic heterocycles. The number of fused-ring (bicyclic) bond motifs is 1. The summed E-state index contributed by atoms with van der Waals surface area (Å²) in [7, 11) is 0. The van der Waals surface area contributed by atoms with Gasteiger partial charge in [0.1, 0.15) is 18.0 Å². The van der Waals surface area contributed by atoms with Crippen LogP contribution in [-0.2, 0) is 23.9 Å². The first-order chi connectivity index (χ1) is 13.0. The van der Waals surface area contributed by atoms with Gasteiger partial charge in [0.25, 0.3) is 0 Å². The van der Waals surface area contributed by atoms with Crippen molar-refractivity contribution < 1.29 is 29.0 Å². The van der Waals surface area contributed by atoms with Gasteiger partial charge in [-0.15, -0.1) is 0 Å². The molecule has 0 aromatic carbocycles. The molecule has 0 aromatic rings. The number of rotatable bonds is 2. The molecule has 6 nitrogen and oxygen atoms in total. The van der Waals surface area contributed by atoms with Gasteiger partial charge in [0.15, 0.2) is 0 Å². The van der Waals surface area contributed by atoms with E-state index in [0.29, 0.717) is 18.4 Å². The number of carbonyl (C=O) groups is 3. The van der Waals surface area contributed by atoms with E-state index < -0.39 is 29.7 Å². The Morgan fingerprint density at radius 3 is 2.64 bits per heavy atom. The van der Waals surface area contributed by atoms with E-state index in [1.165, 1.54) is 6.92 Å². The van der Waals surface area contributed by atoms with Crippen molar-refractivity contribution in [2.75, 3.05) is 0 Å². The number of carbonyl (C=O) groups excluding carboxylic acids is 3. The Labute approximate surface area is 167 Å². The predicted octanol–water partition coefficient (Wildman–Crippen LogP) is 3.13. The van der Waals surface area contributed by atoms with Crippen molar-refractivity contribution in [1.82, 2.24) is 0 Å². The van der Waals surface area contributed by atoms with E-state index in [-0.39, 0.29) is 36.4 Å². The minimum Gasteiger partial charge on any atom is -0.462 e. The Kier molecular flexibility index (Phi) is 7.21. The third kappa shape index (κ3) is 6.03. The van der Waals surface area contributed by atoms with Crippen LogP contribution in [0.25, 0.3) is 0 Å². The summed E-state index contributed by atoms with van der Waals surface area (Å²) in [5.74, 6) is -1.16. The SMILES string of the molecule is CC(=O)OC1C[C@](C)(O)/C=C/CC(C)CC(=O)CC2=C[C@@H](OC2=O)[C@@H]1C(C)C. The summed E-state index contributed by atoms with van der Waals surface area (Å²) in [6.45, 7) is 8.88. The Morgan fingerprint density at radius 1 is 1.36 bits per heavy atom. The fourth-order valence-corrected chi connectivity index (χ4v) is 4.10. The van der Waals surface area contributed by atoms with E-state index in [4.69, 9.17) is 9.47 Å². The molecule has 2 rings (SSSR count). The second kappa shape index (κ2) is 9.03. The lowest BCUT2D eigenvalue weighted by atomic mass is 9.80. The van der Waals surface area contributed by atoms with Crippen LogP contribution in [0.2, 0.25) is 0 Å². The predicted molar refractivity (Wildman–Crippen MR) is 104 cm³/mol. The smallest absolute Gasteiger partial charge is 0.334 e. The maximum Gasteiger partial charge on any atom is 0.334 e. The summed E-state index contributed by atoms with van der Waals surface area (Å²) >= 11 is 0. The molecular formula is C22H32O6. The van der Waals surface area contributed by atoms with Gasteiger partial charge in [0.05, 0.1) is 5.60 Å². The average Bonchev–Trinajstić information content (AvgIpc) is 2.84. The van der Waals surface area contributed by atoms with Gasteiger partial charge in [0, 0.05) is 37.7 Å². The first-order valence-electron chi connectivity index (χ1n) is 9.99. The summed E-state index contributed by atoms with van der Waals surface area (Å²) < 4.78 is 11.1. The standard InChI is InChI=1S/C22H32O6/c1-13(2)20-18-11-16(21(25)28-18)10-17(24)9-14(3)7-6-8-22(5,26)12-19(20)27-15(4)23/h6,8,11,13-14,18-20,26H,7,9-10,12H2,1-5H3/b8-6+/t14?,18-,19?,20+,22-/m1/s1. The minimum absolute atomic E-state index is 0.00815. The highest BCUT2D eigenvalue weighted by molar-refractivity contribution is 5.97. The van der Waals surface area contributed by atoms with Crippen molar-refractivity contribution in [3.8, 4) is 0 Å². The highest BCUT2D eigenvalue weighted by atomic mass is 16.6. The van der Waals surface area contributed by atoms with Gasteiger partial charge in [-0.3, -0.25) is 9.59 Å². The number of aliphatic hydroxyl groups is 1. The number of Topliss-reactive ketones (excluding diaryl/α,β-unsaturated/α-hetero) is 1. The molecule has 0 spiro atoms. The van der Waals surface area contributed by atoms with Crippen molar-refractivity contribution >= 4 is 17.7 Å². The highest BCUT2D eigenvalue weighted by Gasteiger charge is 2.42. The molecule has 2 bridgehead atoms. The molecule has 0 saturated carbocycles. The lowest BCUT2D eigenvalue weighted by molar-refractivity contribution is -0.159. The fraction of sp³-hybridized carbons (Fsp3) is 0.682. The largest absolute Gasteiger partial charge is 0.462 e. The summed E-state index contributed by atoms with van der Waals surface area (Å²) in [6, 6.07) is 0. The van der Waals surface area contributed by atoms with Gasteiger partial charge >= 0.3 is 11.9 Å². The van der Waals surface area contributed by atoms with Gasteiger partial charge in [0.2, 0.25) is 0 Å². The Balaban J connectivity index is 2.44. The van der Waals surface area contributed by atoms with E-state index in [2.05, 4.69) is 0 Å². The zero-order chi connectivity index (χ0) is 21.1. The molecule has 2 unspecified atom stereocenters.